The Morgan fingerprint density at radius 3 is 2.45 bits per heavy atom. The molecule has 4 rings (SSSR count). The van der Waals surface area contributed by atoms with Gasteiger partial charge in [0, 0.05) is 18.8 Å². The Hall–Kier alpha value is -3.68. The van der Waals surface area contributed by atoms with E-state index in [1.807, 2.05) is 31.2 Å². The molecule has 1 N–H and O–H groups in total. The highest BCUT2D eigenvalue weighted by Gasteiger charge is 2.29. The number of hydrogen-bond acceptors (Lipinski definition) is 7. The van der Waals surface area contributed by atoms with Crippen molar-refractivity contribution in [2.24, 2.45) is 5.92 Å². The summed E-state index contributed by atoms with van der Waals surface area (Å²) in [5.74, 6) is 0.528. The summed E-state index contributed by atoms with van der Waals surface area (Å²) in [7, 11) is 0. The van der Waals surface area contributed by atoms with E-state index in [1.165, 1.54) is 0 Å². The molecule has 2 heterocycles. The first-order valence-electron chi connectivity index (χ1n) is 11.3. The number of esters is 1. The minimum absolute atomic E-state index is 0.0599. The van der Waals surface area contributed by atoms with Crippen molar-refractivity contribution in [3.05, 3.63) is 54.1 Å². The topological polar surface area (TPSA) is 93.7 Å². The molecular weight excluding hydrogens is 420 g/mol. The Bertz CT molecular complexity index is 1130. The lowest BCUT2D eigenvalue weighted by molar-refractivity contribution is -0.120. The van der Waals surface area contributed by atoms with Crippen LogP contribution in [0, 0.1) is 5.92 Å². The summed E-state index contributed by atoms with van der Waals surface area (Å²) < 4.78 is 10.8. The molecule has 1 amide bonds. The summed E-state index contributed by atoms with van der Waals surface area (Å²) in [6, 6.07) is 14.4. The molecule has 1 fully saturated rings. The van der Waals surface area contributed by atoms with Gasteiger partial charge in [0.25, 0.3) is 5.88 Å². The average molecular weight is 449 g/mol. The Morgan fingerprint density at radius 1 is 1.03 bits per heavy atom. The number of ether oxygens (including phenoxy) is 2. The molecule has 33 heavy (non-hydrogen) atoms. The maximum absolute atomic E-state index is 13.0. The van der Waals surface area contributed by atoms with Crippen LogP contribution in [-0.2, 0) is 9.53 Å². The highest BCUT2D eigenvalue weighted by atomic mass is 16.5. The summed E-state index contributed by atoms with van der Waals surface area (Å²) in [6.07, 6.45) is 1.65. The molecule has 8 nitrogen and oxygen atoms in total. The van der Waals surface area contributed by atoms with E-state index < -0.39 is 0 Å². The first kappa shape index (κ1) is 22.5. The summed E-state index contributed by atoms with van der Waals surface area (Å²) in [6.45, 7) is 5.80. The number of anilines is 2. The molecule has 1 atom stereocenters. The zero-order chi connectivity index (χ0) is 23.2. The lowest BCUT2D eigenvalue weighted by Gasteiger charge is -2.33. The molecule has 0 aliphatic carbocycles. The molecule has 2 aromatic carbocycles. The second-order valence-electron chi connectivity index (χ2n) is 7.85. The largest absolute Gasteiger partial charge is 0.475 e. The minimum atomic E-state index is -0.375. The van der Waals surface area contributed by atoms with Crippen LogP contribution in [0.4, 0.5) is 11.5 Å². The van der Waals surface area contributed by atoms with E-state index in [-0.39, 0.29) is 17.8 Å². The summed E-state index contributed by atoms with van der Waals surface area (Å²) in [5, 5.41) is 2.97. The molecule has 1 saturated heterocycles. The lowest BCUT2D eigenvalue weighted by atomic mass is 9.97. The molecule has 0 saturated carbocycles. The van der Waals surface area contributed by atoms with E-state index >= 15 is 0 Å². The number of rotatable bonds is 7. The number of aromatic nitrogens is 2. The maximum atomic E-state index is 13.0. The fourth-order valence-electron chi connectivity index (χ4n) is 3.95. The van der Waals surface area contributed by atoms with Crippen molar-refractivity contribution in [2.75, 3.05) is 36.5 Å². The number of fused-ring (bicyclic) bond motifs is 1. The van der Waals surface area contributed by atoms with Crippen LogP contribution in [0.5, 0.6) is 5.88 Å². The van der Waals surface area contributed by atoms with Crippen molar-refractivity contribution in [1.29, 1.82) is 0 Å². The van der Waals surface area contributed by atoms with Gasteiger partial charge in [-0.3, -0.25) is 4.79 Å². The van der Waals surface area contributed by atoms with Crippen LogP contribution in [0.25, 0.3) is 11.0 Å². The van der Waals surface area contributed by atoms with E-state index in [0.717, 1.165) is 30.4 Å². The third kappa shape index (κ3) is 5.22. The van der Waals surface area contributed by atoms with Crippen LogP contribution in [0.3, 0.4) is 0 Å². The SMILES string of the molecule is CCOC(=O)c1ccc(NC(=O)[C@H]2CCCN(c3nc4ccccc4nc3OCC)C2)cc1. The predicted octanol–water partition coefficient (Wildman–Crippen LogP) is 4.06. The van der Waals surface area contributed by atoms with Crippen LogP contribution in [0.1, 0.15) is 37.0 Å². The van der Waals surface area contributed by atoms with Crippen molar-refractivity contribution in [3.63, 3.8) is 0 Å². The Kier molecular flexibility index (Phi) is 7.02. The number of nitrogens with one attached hydrogen (secondary N) is 1. The molecule has 3 aromatic rings. The fraction of sp³-hybridized carbons (Fsp3) is 0.360. The van der Waals surface area contributed by atoms with Crippen molar-refractivity contribution in [1.82, 2.24) is 9.97 Å². The number of benzene rings is 2. The normalized spacial score (nSPS) is 15.8. The third-order valence-electron chi connectivity index (χ3n) is 5.56. The number of carbonyl (C=O) groups excluding carboxylic acids is 2. The van der Waals surface area contributed by atoms with Gasteiger partial charge in [0.05, 0.1) is 35.7 Å². The number of amides is 1. The molecule has 1 aliphatic rings. The first-order chi connectivity index (χ1) is 16.1. The van der Waals surface area contributed by atoms with E-state index in [9.17, 15) is 9.59 Å². The van der Waals surface area contributed by atoms with E-state index in [2.05, 4.69) is 15.2 Å². The smallest absolute Gasteiger partial charge is 0.338 e. The van der Waals surface area contributed by atoms with Crippen LogP contribution in [0.15, 0.2) is 48.5 Å². The summed E-state index contributed by atoms with van der Waals surface area (Å²) >= 11 is 0. The predicted molar refractivity (Wildman–Crippen MR) is 127 cm³/mol. The van der Waals surface area contributed by atoms with Gasteiger partial charge in [-0.05, 0) is 63.1 Å². The van der Waals surface area contributed by atoms with Crippen molar-refractivity contribution < 1.29 is 19.1 Å². The van der Waals surface area contributed by atoms with Crippen LogP contribution in [0.2, 0.25) is 0 Å². The molecule has 172 valence electrons. The second kappa shape index (κ2) is 10.3. The number of nitrogens with zero attached hydrogens (tertiary/aromatic N) is 3. The van der Waals surface area contributed by atoms with E-state index in [4.69, 9.17) is 14.5 Å². The quantitative estimate of drug-likeness (QED) is 0.545. The van der Waals surface area contributed by atoms with Gasteiger partial charge in [0.15, 0.2) is 5.82 Å². The number of carbonyl (C=O) groups is 2. The van der Waals surface area contributed by atoms with Crippen molar-refractivity contribution in [3.8, 4) is 5.88 Å². The summed E-state index contributed by atoms with van der Waals surface area (Å²) in [4.78, 5) is 36.3. The zero-order valence-corrected chi connectivity index (χ0v) is 18.9. The standard InChI is InChI=1S/C25H28N4O4/c1-3-32-24-22(27-20-9-5-6-10-21(20)28-24)29-15-7-8-18(16-29)23(30)26-19-13-11-17(12-14-19)25(31)33-4-2/h5-6,9-14,18H,3-4,7-8,15-16H2,1-2H3,(H,26,30)/t18-/m0/s1. The van der Waals surface area contributed by atoms with Gasteiger partial charge in [-0.25, -0.2) is 14.8 Å². The fourth-order valence-corrected chi connectivity index (χ4v) is 3.95. The molecule has 0 bridgehead atoms. The van der Waals surface area contributed by atoms with Gasteiger partial charge in [-0.1, -0.05) is 12.1 Å². The van der Waals surface area contributed by atoms with Crippen LogP contribution in [-0.4, -0.2) is 48.1 Å². The van der Waals surface area contributed by atoms with Crippen LogP contribution < -0.4 is 15.0 Å². The van der Waals surface area contributed by atoms with Crippen molar-refractivity contribution >= 4 is 34.4 Å². The van der Waals surface area contributed by atoms with Gasteiger partial charge in [0.2, 0.25) is 5.91 Å². The zero-order valence-electron chi connectivity index (χ0n) is 18.9. The number of piperidine rings is 1. The molecule has 0 unspecified atom stereocenters. The van der Waals surface area contributed by atoms with Gasteiger partial charge in [-0.15, -0.1) is 0 Å². The molecule has 1 aliphatic heterocycles. The Morgan fingerprint density at radius 2 is 1.76 bits per heavy atom. The molecular formula is C25H28N4O4. The minimum Gasteiger partial charge on any atom is -0.475 e. The highest BCUT2D eigenvalue weighted by Crippen LogP contribution is 2.31. The second-order valence-corrected chi connectivity index (χ2v) is 7.85. The van der Waals surface area contributed by atoms with Crippen LogP contribution >= 0.6 is 0 Å². The lowest BCUT2D eigenvalue weighted by Crippen LogP contribution is -2.41. The van der Waals surface area contributed by atoms with Gasteiger partial charge >= 0.3 is 5.97 Å². The van der Waals surface area contributed by atoms with Gasteiger partial charge in [0.1, 0.15) is 0 Å². The Balaban J connectivity index is 1.48. The summed E-state index contributed by atoms with van der Waals surface area (Å²) in [5.41, 5.74) is 2.68. The third-order valence-corrected chi connectivity index (χ3v) is 5.56. The van der Waals surface area contributed by atoms with E-state index in [0.29, 0.717) is 42.7 Å². The van der Waals surface area contributed by atoms with Gasteiger partial charge in [-0.2, -0.15) is 0 Å². The highest BCUT2D eigenvalue weighted by molar-refractivity contribution is 5.94. The molecule has 8 heteroatoms. The number of para-hydroxylation sites is 2. The monoisotopic (exact) mass is 448 g/mol. The molecule has 1 aromatic heterocycles. The number of hydrogen-bond donors (Lipinski definition) is 1. The van der Waals surface area contributed by atoms with Gasteiger partial charge < -0.3 is 19.7 Å². The molecule has 0 spiro atoms. The molecule has 0 radical (unpaired) electrons. The van der Waals surface area contributed by atoms with Crippen molar-refractivity contribution in [2.45, 2.75) is 26.7 Å². The Labute approximate surface area is 192 Å². The van der Waals surface area contributed by atoms with E-state index in [1.54, 1.807) is 31.2 Å². The average Bonchev–Trinajstić information content (AvgIpc) is 2.84. The first-order valence-corrected chi connectivity index (χ1v) is 11.3. The maximum Gasteiger partial charge on any atom is 0.338 e.